The number of hydrogen-bond donors (Lipinski definition) is 3. The summed E-state index contributed by atoms with van der Waals surface area (Å²) >= 11 is 0. The van der Waals surface area contributed by atoms with Crippen LogP contribution in [0.4, 0.5) is 0 Å². The molecular weight excluding hydrogens is 396 g/mol. The van der Waals surface area contributed by atoms with Crippen molar-refractivity contribution in [2.45, 2.75) is 46.5 Å². The van der Waals surface area contributed by atoms with Crippen LogP contribution in [0.3, 0.4) is 0 Å². The fourth-order valence-corrected chi connectivity index (χ4v) is 2.98. The van der Waals surface area contributed by atoms with E-state index in [1.54, 1.807) is 13.0 Å². The summed E-state index contributed by atoms with van der Waals surface area (Å²) in [5.41, 5.74) is 1.41. The van der Waals surface area contributed by atoms with Gasteiger partial charge in [-0.1, -0.05) is 63.1 Å². The van der Waals surface area contributed by atoms with Crippen LogP contribution in [-0.2, 0) is 14.4 Å². The first-order valence-corrected chi connectivity index (χ1v) is 10.2. The Morgan fingerprint density at radius 2 is 1.58 bits per heavy atom. The van der Waals surface area contributed by atoms with E-state index in [1.165, 1.54) is 25.2 Å². The van der Waals surface area contributed by atoms with Gasteiger partial charge in [-0.2, -0.15) is 0 Å². The summed E-state index contributed by atoms with van der Waals surface area (Å²) in [6, 6.07) is 9.17. The van der Waals surface area contributed by atoms with Gasteiger partial charge in [0.05, 0.1) is 0 Å². The Labute approximate surface area is 182 Å². The Balaban J connectivity index is 3.53. The molecule has 1 aromatic carbocycles. The molecule has 0 bridgehead atoms. The second-order valence-corrected chi connectivity index (χ2v) is 7.34. The highest BCUT2D eigenvalue weighted by atomic mass is 16.4. The van der Waals surface area contributed by atoms with E-state index < -0.39 is 23.8 Å². The van der Waals surface area contributed by atoms with E-state index in [1.807, 2.05) is 37.3 Å². The predicted molar refractivity (Wildman–Crippen MR) is 121 cm³/mol. The van der Waals surface area contributed by atoms with E-state index in [9.17, 15) is 24.6 Å². The van der Waals surface area contributed by atoms with Gasteiger partial charge in [-0.05, 0) is 49.1 Å². The zero-order valence-corrected chi connectivity index (χ0v) is 18.2. The zero-order chi connectivity index (χ0) is 23.4. The minimum atomic E-state index is -1.20. The molecule has 0 heterocycles. The molecular formula is C25H30O6. The number of carboxylic acids is 3. The van der Waals surface area contributed by atoms with Gasteiger partial charge in [0.2, 0.25) is 0 Å². The number of benzene rings is 1. The Morgan fingerprint density at radius 3 is 2.10 bits per heavy atom. The lowest BCUT2D eigenvalue weighted by molar-refractivity contribution is -0.134. The van der Waals surface area contributed by atoms with Gasteiger partial charge in [0.15, 0.2) is 0 Å². The molecule has 6 heteroatoms. The maximum absolute atomic E-state index is 11.9. The lowest BCUT2D eigenvalue weighted by Gasteiger charge is -2.11. The van der Waals surface area contributed by atoms with Crippen LogP contribution in [0.1, 0.15) is 52.0 Å². The molecule has 0 aromatic heterocycles. The molecule has 0 spiro atoms. The van der Waals surface area contributed by atoms with Crippen LogP contribution in [0.15, 0.2) is 70.9 Å². The van der Waals surface area contributed by atoms with Gasteiger partial charge >= 0.3 is 17.9 Å². The summed E-state index contributed by atoms with van der Waals surface area (Å²) in [4.78, 5) is 34.8. The first-order valence-electron chi connectivity index (χ1n) is 10.2. The molecule has 0 amide bonds. The molecule has 1 atom stereocenters. The van der Waals surface area contributed by atoms with Gasteiger partial charge in [-0.15, -0.1) is 0 Å². The lowest BCUT2D eigenvalue weighted by atomic mass is 9.94. The fraction of sp³-hybridized carbons (Fsp3) is 0.320. The monoisotopic (exact) mass is 426 g/mol. The maximum atomic E-state index is 11.9. The van der Waals surface area contributed by atoms with Crippen molar-refractivity contribution in [3.05, 3.63) is 76.4 Å². The number of aliphatic carboxylic acids is 3. The molecule has 0 aliphatic carbocycles. The number of allylic oxidation sites excluding steroid dienone is 4. The molecule has 166 valence electrons. The van der Waals surface area contributed by atoms with E-state index in [-0.39, 0.29) is 16.7 Å². The summed E-state index contributed by atoms with van der Waals surface area (Å²) < 4.78 is 0. The topological polar surface area (TPSA) is 112 Å². The van der Waals surface area contributed by atoms with Crippen LogP contribution in [0.5, 0.6) is 0 Å². The standard InChI is InChI=1S/C25H30O6/c1-4-5-7-12-21(24(28)29)15-20(14-19-10-8-6-9-11-19)16-22(25(30)31)17(2)13-18(3)23(26)27/h6,8-11,13-17H,4-5,7,12H2,1-3H3,(H,26,27)(H,28,29)(H,30,31). The summed E-state index contributed by atoms with van der Waals surface area (Å²) in [6.07, 6.45) is 8.93. The van der Waals surface area contributed by atoms with Crippen molar-refractivity contribution in [2.75, 3.05) is 0 Å². The van der Waals surface area contributed by atoms with Crippen molar-refractivity contribution >= 4 is 24.0 Å². The quantitative estimate of drug-likeness (QED) is 0.236. The number of carbonyl (C=O) groups is 3. The third kappa shape index (κ3) is 9.30. The highest BCUT2D eigenvalue weighted by Crippen LogP contribution is 2.22. The molecule has 1 aromatic rings. The van der Waals surface area contributed by atoms with E-state index in [2.05, 4.69) is 0 Å². The summed E-state index contributed by atoms with van der Waals surface area (Å²) in [6.45, 7) is 5.02. The molecule has 0 fully saturated rings. The van der Waals surface area contributed by atoms with Crippen molar-refractivity contribution in [3.8, 4) is 0 Å². The van der Waals surface area contributed by atoms with Crippen LogP contribution in [0.2, 0.25) is 0 Å². The second-order valence-electron chi connectivity index (χ2n) is 7.34. The van der Waals surface area contributed by atoms with E-state index in [0.717, 1.165) is 24.8 Å². The van der Waals surface area contributed by atoms with Gasteiger partial charge in [0.1, 0.15) is 0 Å². The summed E-state index contributed by atoms with van der Waals surface area (Å²) in [5, 5.41) is 28.4. The minimum Gasteiger partial charge on any atom is -0.478 e. The first-order chi connectivity index (χ1) is 14.6. The van der Waals surface area contributed by atoms with E-state index in [0.29, 0.717) is 12.0 Å². The molecule has 0 aliphatic heterocycles. The van der Waals surface area contributed by atoms with Gasteiger partial charge in [-0.3, -0.25) is 0 Å². The van der Waals surface area contributed by atoms with Crippen molar-refractivity contribution in [1.29, 1.82) is 0 Å². The number of unbranched alkanes of at least 4 members (excludes halogenated alkanes) is 2. The van der Waals surface area contributed by atoms with Crippen LogP contribution >= 0.6 is 0 Å². The van der Waals surface area contributed by atoms with Crippen LogP contribution in [0.25, 0.3) is 6.08 Å². The molecule has 0 saturated carbocycles. The van der Waals surface area contributed by atoms with Crippen LogP contribution in [-0.4, -0.2) is 33.2 Å². The average molecular weight is 427 g/mol. The molecule has 0 radical (unpaired) electrons. The van der Waals surface area contributed by atoms with Gasteiger partial charge in [-0.25, -0.2) is 14.4 Å². The highest BCUT2D eigenvalue weighted by Gasteiger charge is 2.17. The molecule has 1 rings (SSSR count). The first kappa shape index (κ1) is 25.6. The third-order valence-electron chi connectivity index (χ3n) is 4.70. The highest BCUT2D eigenvalue weighted by molar-refractivity contribution is 5.91. The lowest BCUT2D eigenvalue weighted by Crippen LogP contribution is -2.10. The van der Waals surface area contributed by atoms with Crippen molar-refractivity contribution < 1.29 is 29.7 Å². The van der Waals surface area contributed by atoms with Crippen molar-refractivity contribution in [2.24, 2.45) is 5.92 Å². The minimum absolute atomic E-state index is 0.0303. The number of hydrogen-bond acceptors (Lipinski definition) is 3. The predicted octanol–water partition coefficient (Wildman–Crippen LogP) is 5.34. The smallest absolute Gasteiger partial charge is 0.332 e. The van der Waals surface area contributed by atoms with E-state index >= 15 is 0 Å². The molecule has 6 nitrogen and oxygen atoms in total. The Morgan fingerprint density at radius 1 is 0.935 bits per heavy atom. The van der Waals surface area contributed by atoms with Crippen LogP contribution < -0.4 is 0 Å². The van der Waals surface area contributed by atoms with E-state index in [4.69, 9.17) is 5.11 Å². The normalized spacial score (nSPS) is 14.3. The Bertz CT molecular complexity index is 903. The Kier molecular flexibility index (Phi) is 10.8. The van der Waals surface area contributed by atoms with Gasteiger partial charge < -0.3 is 15.3 Å². The number of rotatable bonds is 12. The summed E-state index contributed by atoms with van der Waals surface area (Å²) in [5.74, 6) is -4.05. The van der Waals surface area contributed by atoms with Crippen LogP contribution in [0, 0.1) is 5.92 Å². The number of carboxylic acid groups (broad SMARTS) is 3. The summed E-state index contributed by atoms with van der Waals surface area (Å²) in [7, 11) is 0. The molecule has 31 heavy (non-hydrogen) atoms. The van der Waals surface area contributed by atoms with Crippen molar-refractivity contribution in [3.63, 3.8) is 0 Å². The Hall–Kier alpha value is -3.41. The zero-order valence-electron chi connectivity index (χ0n) is 18.2. The van der Waals surface area contributed by atoms with Gasteiger partial charge in [0, 0.05) is 22.6 Å². The average Bonchev–Trinajstić information content (AvgIpc) is 2.71. The maximum Gasteiger partial charge on any atom is 0.332 e. The largest absolute Gasteiger partial charge is 0.478 e. The SMILES string of the molecule is CCCCCC(=CC(=Cc1ccccc1)C=C(C(=O)O)C(C)C=C(C)C(=O)O)C(=O)O. The molecule has 3 N–H and O–H groups in total. The fourth-order valence-electron chi connectivity index (χ4n) is 2.98. The molecule has 0 aliphatic rings. The molecule has 1 unspecified atom stereocenters. The third-order valence-corrected chi connectivity index (χ3v) is 4.70. The van der Waals surface area contributed by atoms with Crippen molar-refractivity contribution in [1.82, 2.24) is 0 Å². The van der Waals surface area contributed by atoms with Gasteiger partial charge in [0.25, 0.3) is 0 Å². The second kappa shape index (κ2) is 13.0. The molecule has 0 saturated heterocycles.